The van der Waals surface area contributed by atoms with Gasteiger partial charge in [0.05, 0.1) is 15.6 Å². The third-order valence-electron chi connectivity index (χ3n) is 2.81. The molecule has 20 heavy (non-hydrogen) atoms. The maximum Gasteiger partial charge on any atom is 0.257 e. The second kappa shape index (κ2) is 5.69. The Morgan fingerprint density at radius 3 is 2.70 bits per heavy atom. The van der Waals surface area contributed by atoms with E-state index in [0.29, 0.717) is 16.9 Å². The molecule has 0 saturated heterocycles. The molecule has 2 aromatic carbocycles. The third kappa shape index (κ3) is 2.86. The van der Waals surface area contributed by atoms with Gasteiger partial charge in [-0.05, 0) is 31.2 Å². The van der Waals surface area contributed by atoms with E-state index in [1.807, 2.05) is 0 Å². The number of hydrogen-bond acceptors (Lipinski definition) is 2. The van der Waals surface area contributed by atoms with E-state index in [2.05, 4.69) is 5.32 Å². The average Bonchev–Trinajstić information content (AvgIpc) is 2.39. The molecule has 0 aliphatic rings. The quantitative estimate of drug-likeness (QED) is 0.813. The predicted octanol–water partition coefficient (Wildman–Crippen LogP) is 4.28. The van der Waals surface area contributed by atoms with Crippen molar-refractivity contribution in [1.29, 1.82) is 0 Å². The van der Waals surface area contributed by atoms with Crippen molar-refractivity contribution in [3.8, 4) is 0 Å². The van der Waals surface area contributed by atoms with Crippen LogP contribution in [0, 0.1) is 12.7 Å². The monoisotopic (exact) mass is 312 g/mol. The van der Waals surface area contributed by atoms with Crippen LogP contribution in [0.2, 0.25) is 10.0 Å². The van der Waals surface area contributed by atoms with Crippen LogP contribution in [0.5, 0.6) is 0 Å². The molecule has 0 aromatic heterocycles. The molecule has 0 saturated carbocycles. The molecule has 0 fully saturated rings. The van der Waals surface area contributed by atoms with E-state index in [9.17, 15) is 9.18 Å². The van der Waals surface area contributed by atoms with E-state index < -0.39 is 11.7 Å². The molecule has 0 radical (unpaired) electrons. The van der Waals surface area contributed by atoms with E-state index in [1.165, 1.54) is 24.3 Å². The molecule has 1 amide bonds. The van der Waals surface area contributed by atoms with Gasteiger partial charge in [0.25, 0.3) is 5.91 Å². The molecule has 0 aliphatic heterocycles. The minimum Gasteiger partial charge on any atom is -0.399 e. The maximum atomic E-state index is 13.4. The van der Waals surface area contributed by atoms with Gasteiger partial charge in [0, 0.05) is 16.9 Å². The van der Waals surface area contributed by atoms with Gasteiger partial charge in [0.1, 0.15) is 5.82 Å². The maximum absolute atomic E-state index is 13.4. The standard InChI is InChI=1S/C14H11Cl2FN2O/c1-7-11(17)3-2-4-12(7)19-14(20)9-5-8(18)6-10(15)13(9)16/h2-6H,18H2,1H3,(H,19,20). The highest BCUT2D eigenvalue weighted by molar-refractivity contribution is 6.44. The first-order valence-corrected chi connectivity index (χ1v) is 6.46. The molecule has 2 rings (SSSR count). The molecule has 0 atom stereocenters. The lowest BCUT2D eigenvalue weighted by molar-refractivity contribution is 0.102. The number of benzene rings is 2. The van der Waals surface area contributed by atoms with Gasteiger partial charge in [0.15, 0.2) is 0 Å². The van der Waals surface area contributed by atoms with Crippen molar-refractivity contribution in [2.75, 3.05) is 11.1 Å². The fraction of sp³-hybridized carbons (Fsp3) is 0.0714. The lowest BCUT2D eigenvalue weighted by atomic mass is 10.1. The number of hydrogen-bond donors (Lipinski definition) is 2. The summed E-state index contributed by atoms with van der Waals surface area (Å²) in [6, 6.07) is 7.28. The van der Waals surface area contributed by atoms with Crippen molar-refractivity contribution in [2.24, 2.45) is 0 Å². The van der Waals surface area contributed by atoms with Crippen molar-refractivity contribution in [3.63, 3.8) is 0 Å². The smallest absolute Gasteiger partial charge is 0.257 e. The summed E-state index contributed by atoms with van der Waals surface area (Å²) in [7, 11) is 0. The SMILES string of the molecule is Cc1c(F)cccc1NC(=O)c1cc(N)cc(Cl)c1Cl. The fourth-order valence-electron chi connectivity index (χ4n) is 1.71. The molecule has 104 valence electrons. The van der Waals surface area contributed by atoms with Crippen molar-refractivity contribution < 1.29 is 9.18 Å². The zero-order valence-electron chi connectivity index (χ0n) is 10.5. The Morgan fingerprint density at radius 1 is 1.30 bits per heavy atom. The molecule has 0 aliphatic carbocycles. The lowest BCUT2D eigenvalue weighted by Crippen LogP contribution is -2.14. The zero-order chi connectivity index (χ0) is 14.9. The number of carbonyl (C=O) groups excluding carboxylic acids is 1. The van der Waals surface area contributed by atoms with Crippen LogP contribution in [-0.4, -0.2) is 5.91 Å². The van der Waals surface area contributed by atoms with Gasteiger partial charge in [-0.1, -0.05) is 29.3 Å². The van der Waals surface area contributed by atoms with Crippen LogP contribution in [0.4, 0.5) is 15.8 Å². The number of anilines is 2. The molecule has 0 bridgehead atoms. The van der Waals surface area contributed by atoms with Crippen LogP contribution in [0.1, 0.15) is 15.9 Å². The number of nitrogens with two attached hydrogens (primary N) is 1. The summed E-state index contributed by atoms with van der Waals surface area (Å²) < 4.78 is 13.4. The Morgan fingerprint density at radius 2 is 2.00 bits per heavy atom. The van der Waals surface area contributed by atoms with Crippen LogP contribution < -0.4 is 11.1 Å². The number of halogens is 3. The summed E-state index contributed by atoms with van der Waals surface area (Å²) in [5, 5.41) is 2.88. The average molecular weight is 313 g/mol. The van der Waals surface area contributed by atoms with E-state index >= 15 is 0 Å². The second-order valence-electron chi connectivity index (χ2n) is 4.23. The van der Waals surface area contributed by atoms with E-state index in [1.54, 1.807) is 13.0 Å². The minimum absolute atomic E-state index is 0.104. The highest BCUT2D eigenvalue weighted by Gasteiger charge is 2.15. The van der Waals surface area contributed by atoms with E-state index in [4.69, 9.17) is 28.9 Å². The number of nitrogens with one attached hydrogen (secondary N) is 1. The molecule has 3 N–H and O–H groups in total. The van der Waals surface area contributed by atoms with Crippen LogP contribution in [0.3, 0.4) is 0 Å². The summed E-state index contributed by atoms with van der Waals surface area (Å²) in [5.74, 6) is -0.905. The Balaban J connectivity index is 2.36. The van der Waals surface area contributed by atoms with Crippen LogP contribution in [0.15, 0.2) is 30.3 Å². The van der Waals surface area contributed by atoms with Crippen LogP contribution in [-0.2, 0) is 0 Å². The van der Waals surface area contributed by atoms with Crippen LogP contribution >= 0.6 is 23.2 Å². The molecule has 6 heteroatoms. The Labute approximate surface area is 125 Å². The minimum atomic E-state index is -0.502. The van der Waals surface area contributed by atoms with Crippen molar-refractivity contribution in [2.45, 2.75) is 6.92 Å². The van der Waals surface area contributed by atoms with Crippen molar-refractivity contribution >= 4 is 40.5 Å². The molecule has 0 heterocycles. The normalized spacial score (nSPS) is 10.4. The first-order valence-electron chi connectivity index (χ1n) is 5.71. The lowest BCUT2D eigenvalue weighted by Gasteiger charge is -2.11. The molecule has 3 nitrogen and oxygen atoms in total. The number of carbonyl (C=O) groups is 1. The van der Waals surface area contributed by atoms with Gasteiger partial charge in [-0.3, -0.25) is 4.79 Å². The first kappa shape index (κ1) is 14.6. The Bertz CT molecular complexity index is 689. The topological polar surface area (TPSA) is 55.1 Å². The zero-order valence-corrected chi connectivity index (χ0v) is 12.0. The third-order valence-corrected chi connectivity index (χ3v) is 3.61. The summed E-state index contributed by atoms with van der Waals surface area (Å²) in [6.07, 6.45) is 0. The van der Waals surface area contributed by atoms with Crippen molar-refractivity contribution in [3.05, 3.63) is 57.3 Å². The molecule has 2 aromatic rings. The summed E-state index contributed by atoms with van der Waals surface area (Å²) in [6.45, 7) is 1.57. The van der Waals surface area contributed by atoms with Gasteiger partial charge < -0.3 is 11.1 Å². The second-order valence-corrected chi connectivity index (χ2v) is 5.02. The van der Waals surface area contributed by atoms with Crippen molar-refractivity contribution in [1.82, 2.24) is 0 Å². The summed E-state index contributed by atoms with van der Waals surface area (Å²) in [5.41, 5.74) is 6.79. The van der Waals surface area contributed by atoms with Gasteiger partial charge in [-0.15, -0.1) is 0 Å². The Kier molecular flexibility index (Phi) is 4.16. The molecular weight excluding hydrogens is 302 g/mol. The van der Waals surface area contributed by atoms with E-state index in [-0.39, 0.29) is 15.6 Å². The summed E-state index contributed by atoms with van der Waals surface area (Å²) >= 11 is 11.8. The number of rotatable bonds is 2. The predicted molar refractivity (Wildman–Crippen MR) is 80.0 cm³/mol. The van der Waals surface area contributed by atoms with Gasteiger partial charge >= 0.3 is 0 Å². The van der Waals surface area contributed by atoms with Gasteiger partial charge in [0.2, 0.25) is 0 Å². The summed E-state index contributed by atoms with van der Waals surface area (Å²) in [4.78, 5) is 12.2. The van der Waals surface area contributed by atoms with Crippen LogP contribution in [0.25, 0.3) is 0 Å². The largest absolute Gasteiger partial charge is 0.399 e. The highest BCUT2D eigenvalue weighted by Crippen LogP contribution is 2.29. The first-order chi connectivity index (χ1) is 9.40. The fourth-order valence-corrected chi connectivity index (χ4v) is 2.13. The molecule has 0 spiro atoms. The van der Waals surface area contributed by atoms with Gasteiger partial charge in [-0.2, -0.15) is 0 Å². The van der Waals surface area contributed by atoms with E-state index in [0.717, 1.165) is 0 Å². The Hall–Kier alpha value is -1.78. The molecular formula is C14H11Cl2FN2O. The highest BCUT2D eigenvalue weighted by atomic mass is 35.5. The van der Waals surface area contributed by atoms with Gasteiger partial charge in [-0.25, -0.2) is 4.39 Å². The number of amides is 1. The molecule has 0 unspecified atom stereocenters. The number of nitrogen functional groups attached to an aromatic ring is 1.